The summed E-state index contributed by atoms with van der Waals surface area (Å²) < 4.78 is 24.3. The molecule has 2 N–H and O–H groups in total. The van der Waals surface area contributed by atoms with Crippen LogP contribution in [0.5, 0.6) is 0 Å². The quantitative estimate of drug-likeness (QED) is 0.842. The normalized spacial score (nSPS) is 12.1. The Morgan fingerprint density at radius 2 is 1.73 bits per heavy atom. The molecule has 1 aromatic heterocycles. The van der Waals surface area contributed by atoms with Crippen molar-refractivity contribution in [1.82, 2.24) is 10.3 Å². The number of hydrogen-bond donors (Lipinski definition) is 2. The maximum Gasteiger partial charge on any atom is 0.276 e. The third-order valence-corrected chi connectivity index (χ3v) is 5.21. The summed E-state index contributed by atoms with van der Waals surface area (Å²) in [4.78, 5) is 14.4. The van der Waals surface area contributed by atoms with E-state index in [0.717, 1.165) is 5.56 Å². The van der Waals surface area contributed by atoms with E-state index in [1.54, 1.807) is 29.6 Å². The molecular weight excluding hydrogens is 320 g/mol. The van der Waals surface area contributed by atoms with Gasteiger partial charge in [0.05, 0.1) is 9.77 Å². The van der Waals surface area contributed by atoms with E-state index in [0.29, 0.717) is 4.88 Å². The molecule has 1 heterocycles. The summed E-state index contributed by atoms with van der Waals surface area (Å²) in [5.74, 6) is -0.482. The Kier molecular flexibility index (Phi) is 4.69. The molecule has 1 amide bonds. The summed E-state index contributed by atoms with van der Waals surface area (Å²) in [6.45, 7) is 6.15. The van der Waals surface area contributed by atoms with E-state index in [1.165, 1.54) is 23.5 Å². The smallest absolute Gasteiger partial charge is 0.273 e. The molecule has 1 aromatic carbocycles. The van der Waals surface area contributed by atoms with Crippen LogP contribution >= 0.6 is 11.3 Å². The first-order valence-corrected chi connectivity index (χ1v) is 9.03. The van der Waals surface area contributed by atoms with Gasteiger partial charge in [-0.2, -0.15) is 0 Å². The SMILES string of the molecule is CC(C)(C)c1ccc(S(=O)(=O)NNC(=O)c2cccs2)cc1. The number of rotatable bonds is 4. The van der Waals surface area contributed by atoms with Crippen LogP contribution in [0.3, 0.4) is 0 Å². The molecule has 22 heavy (non-hydrogen) atoms. The molecule has 5 nitrogen and oxygen atoms in total. The second-order valence-corrected chi connectivity index (χ2v) is 8.44. The van der Waals surface area contributed by atoms with Crippen molar-refractivity contribution >= 4 is 27.3 Å². The molecule has 0 saturated heterocycles. The summed E-state index contributed by atoms with van der Waals surface area (Å²) in [5, 5.41) is 1.74. The van der Waals surface area contributed by atoms with Crippen LogP contribution in [0.1, 0.15) is 36.0 Å². The van der Waals surface area contributed by atoms with Crippen LogP contribution in [0.4, 0.5) is 0 Å². The minimum atomic E-state index is -3.79. The molecule has 7 heteroatoms. The van der Waals surface area contributed by atoms with Crippen LogP contribution in [0, 0.1) is 0 Å². The number of sulfonamides is 1. The standard InChI is InChI=1S/C15H18N2O3S2/c1-15(2,3)11-6-8-12(9-7-11)22(19,20)17-16-14(18)13-5-4-10-21-13/h4-10,17H,1-3H3,(H,16,18). The molecule has 0 aliphatic carbocycles. The fraction of sp³-hybridized carbons (Fsp3) is 0.267. The zero-order valence-corrected chi connectivity index (χ0v) is 14.2. The van der Waals surface area contributed by atoms with Crippen molar-refractivity contribution < 1.29 is 13.2 Å². The van der Waals surface area contributed by atoms with Crippen molar-refractivity contribution in [2.75, 3.05) is 0 Å². The Balaban J connectivity index is 2.09. The minimum absolute atomic E-state index is 0.0525. The van der Waals surface area contributed by atoms with Gasteiger partial charge in [-0.25, -0.2) is 8.42 Å². The number of carbonyl (C=O) groups excluding carboxylic acids is 1. The number of carbonyl (C=O) groups is 1. The topological polar surface area (TPSA) is 75.3 Å². The first kappa shape index (κ1) is 16.7. The van der Waals surface area contributed by atoms with Crippen molar-refractivity contribution in [3.8, 4) is 0 Å². The predicted molar refractivity (Wildman–Crippen MR) is 87.2 cm³/mol. The highest BCUT2D eigenvalue weighted by Crippen LogP contribution is 2.23. The lowest BCUT2D eigenvalue weighted by atomic mass is 9.87. The molecule has 0 aliphatic heterocycles. The number of thiophene rings is 1. The van der Waals surface area contributed by atoms with E-state index in [9.17, 15) is 13.2 Å². The highest BCUT2D eigenvalue weighted by molar-refractivity contribution is 7.89. The Bertz CT molecular complexity index is 743. The van der Waals surface area contributed by atoms with E-state index >= 15 is 0 Å². The minimum Gasteiger partial charge on any atom is -0.273 e. The number of amides is 1. The largest absolute Gasteiger partial charge is 0.276 e. The molecule has 0 atom stereocenters. The summed E-state index contributed by atoms with van der Waals surface area (Å²) >= 11 is 1.24. The molecule has 0 radical (unpaired) electrons. The van der Waals surface area contributed by atoms with Crippen molar-refractivity contribution in [2.45, 2.75) is 31.1 Å². The first-order chi connectivity index (χ1) is 10.2. The average molecular weight is 338 g/mol. The summed E-state index contributed by atoms with van der Waals surface area (Å²) in [7, 11) is -3.79. The van der Waals surface area contributed by atoms with Crippen LogP contribution in [-0.2, 0) is 15.4 Å². The van der Waals surface area contributed by atoms with Crippen molar-refractivity contribution in [3.63, 3.8) is 0 Å². The maximum absolute atomic E-state index is 12.1. The molecule has 0 aliphatic rings. The third-order valence-electron chi connectivity index (χ3n) is 3.07. The number of nitrogens with one attached hydrogen (secondary N) is 2. The fourth-order valence-electron chi connectivity index (χ4n) is 1.78. The first-order valence-electron chi connectivity index (χ1n) is 6.66. The highest BCUT2D eigenvalue weighted by atomic mass is 32.2. The van der Waals surface area contributed by atoms with Crippen LogP contribution in [0.25, 0.3) is 0 Å². The average Bonchev–Trinajstić information content (AvgIpc) is 2.98. The van der Waals surface area contributed by atoms with E-state index in [4.69, 9.17) is 0 Å². The van der Waals surface area contributed by atoms with Gasteiger partial charge in [0, 0.05) is 0 Å². The van der Waals surface area contributed by atoms with Crippen molar-refractivity contribution in [1.29, 1.82) is 0 Å². The Morgan fingerprint density at radius 3 is 2.23 bits per heavy atom. The summed E-state index contributed by atoms with van der Waals surface area (Å²) in [5.41, 5.74) is 3.19. The molecule has 0 unspecified atom stereocenters. The molecule has 0 fully saturated rings. The van der Waals surface area contributed by atoms with E-state index in [1.807, 2.05) is 0 Å². The van der Waals surface area contributed by atoms with E-state index < -0.39 is 15.9 Å². The van der Waals surface area contributed by atoms with Crippen molar-refractivity contribution in [2.24, 2.45) is 0 Å². The molecule has 0 bridgehead atoms. The van der Waals surface area contributed by atoms with Crippen molar-refractivity contribution in [3.05, 3.63) is 52.2 Å². The van der Waals surface area contributed by atoms with E-state index in [2.05, 4.69) is 31.0 Å². The van der Waals surface area contributed by atoms with Crippen LogP contribution < -0.4 is 10.3 Å². The Hall–Kier alpha value is -1.70. The lowest BCUT2D eigenvalue weighted by Crippen LogP contribution is -2.41. The number of hydrogen-bond acceptors (Lipinski definition) is 4. The van der Waals surface area contributed by atoms with Gasteiger partial charge in [0.25, 0.3) is 15.9 Å². The van der Waals surface area contributed by atoms with Gasteiger partial charge in [-0.15, -0.1) is 16.2 Å². The van der Waals surface area contributed by atoms with Crippen LogP contribution in [-0.4, -0.2) is 14.3 Å². The van der Waals surface area contributed by atoms with Gasteiger partial charge in [-0.05, 0) is 34.6 Å². The molecular formula is C15H18N2O3S2. The van der Waals surface area contributed by atoms with Gasteiger partial charge >= 0.3 is 0 Å². The Morgan fingerprint density at radius 1 is 1.09 bits per heavy atom. The Labute approximate surface area is 134 Å². The second-order valence-electron chi connectivity index (χ2n) is 5.81. The highest BCUT2D eigenvalue weighted by Gasteiger charge is 2.18. The molecule has 0 saturated carbocycles. The predicted octanol–water partition coefficient (Wildman–Crippen LogP) is 2.67. The maximum atomic E-state index is 12.1. The zero-order chi connectivity index (χ0) is 16.4. The lowest BCUT2D eigenvalue weighted by molar-refractivity contribution is 0.0949. The van der Waals surface area contributed by atoms with E-state index in [-0.39, 0.29) is 10.3 Å². The van der Waals surface area contributed by atoms with Gasteiger partial charge < -0.3 is 0 Å². The van der Waals surface area contributed by atoms with Gasteiger partial charge in [-0.3, -0.25) is 10.2 Å². The summed E-state index contributed by atoms with van der Waals surface area (Å²) in [6, 6.07) is 9.94. The van der Waals surface area contributed by atoms with Gasteiger partial charge in [0.1, 0.15) is 0 Å². The molecule has 118 valence electrons. The van der Waals surface area contributed by atoms with Gasteiger partial charge in [0.2, 0.25) is 0 Å². The zero-order valence-electron chi connectivity index (χ0n) is 12.6. The molecule has 0 spiro atoms. The lowest BCUT2D eigenvalue weighted by Gasteiger charge is -2.19. The van der Waals surface area contributed by atoms with Crippen LogP contribution in [0.2, 0.25) is 0 Å². The molecule has 2 aromatic rings. The third kappa shape index (κ3) is 3.94. The second kappa shape index (κ2) is 6.20. The monoisotopic (exact) mass is 338 g/mol. The van der Waals surface area contributed by atoms with Crippen LogP contribution in [0.15, 0.2) is 46.7 Å². The summed E-state index contributed by atoms with van der Waals surface area (Å²) in [6.07, 6.45) is 0. The fourth-order valence-corrected chi connectivity index (χ4v) is 3.23. The van der Waals surface area contributed by atoms with Gasteiger partial charge in [-0.1, -0.05) is 39.0 Å². The molecule has 2 rings (SSSR count). The van der Waals surface area contributed by atoms with Gasteiger partial charge in [0.15, 0.2) is 0 Å². The number of benzene rings is 1. The number of hydrazine groups is 1.